The summed E-state index contributed by atoms with van der Waals surface area (Å²) in [6.07, 6.45) is -0.458. The zero-order valence-corrected chi connectivity index (χ0v) is 13.9. The van der Waals surface area contributed by atoms with Gasteiger partial charge in [-0.05, 0) is 17.7 Å². The minimum Gasteiger partial charge on any atom is -0.494 e. The summed E-state index contributed by atoms with van der Waals surface area (Å²) in [6.45, 7) is 4.70. The lowest BCUT2D eigenvalue weighted by molar-refractivity contribution is -0.153. The second kappa shape index (κ2) is 7.92. The van der Waals surface area contributed by atoms with Crippen LogP contribution in [0.4, 0.5) is 4.39 Å². The Morgan fingerprint density at radius 2 is 2.08 bits per heavy atom. The van der Waals surface area contributed by atoms with E-state index in [1.165, 1.54) is 13.2 Å². The molecule has 7 heteroatoms. The Bertz CT molecular complexity index is 578. The van der Waals surface area contributed by atoms with Crippen LogP contribution in [0.3, 0.4) is 0 Å². The van der Waals surface area contributed by atoms with Crippen LogP contribution in [0.15, 0.2) is 18.2 Å². The third-order valence-electron chi connectivity index (χ3n) is 4.37. The van der Waals surface area contributed by atoms with Gasteiger partial charge in [-0.3, -0.25) is 9.69 Å². The number of methoxy groups -OCH3 is 1. The van der Waals surface area contributed by atoms with Crippen molar-refractivity contribution >= 4 is 5.91 Å². The largest absolute Gasteiger partial charge is 0.494 e. The predicted molar refractivity (Wildman–Crippen MR) is 85.4 cm³/mol. The SMILES string of the molecule is COc1ccc(CN2CCOC(C(=O)N3CCOCC3)C2)cc1F. The molecule has 2 fully saturated rings. The van der Waals surface area contributed by atoms with Gasteiger partial charge < -0.3 is 19.1 Å². The first kappa shape index (κ1) is 17.1. The predicted octanol–water partition coefficient (Wildman–Crippen LogP) is 0.894. The number of halogens is 1. The molecule has 0 saturated carbocycles. The Morgan fingerprint density at radius 3 is 2.79 bits per heavy atom. The van der Waals surface area contributed by atoms with Gasteiger partial charge in [0.25, 0.3) is 5.91 Å². The van der Waals surface area contributed by atoms with Gasteiger partial charge in [0.15, 0.2) is 11.6 Å². The molecule has 2 aliphatic rings. The molecule has 2 aliphatic heterocycles. The fraction of sp³-hybridized carbons (Fsp3) is 0.588. The number of benzene rings is 1. The quantitative estimate of drug-likeness (QED) is 0.816. The standard InChI is InChI=1S/C17H23FN2O4/c1-22-15-3-2-13(10-14(15)18)11-19-4-9-24-16(12-19)17(21)20-5-7-23-8-6-20/h2-3,10,16H,4-9,11-12H2,1H3. The third-order valence-corrected chi connectivity index (χ3v) is 4.37. The molecule has 6 nitrogen and oxygen atoms in total. The van der Waals surface area contributed by atoms with E-state index in [0.717, 1.165) is 12.1 Å². The number of rotatable bonds is 4. The zero-order chi connectivity index (χ0) is 16.9. The summed E-state index contributed by atoms with van der Waals surface area (Å²) in [5.74, 6) is -0.116. The van der Waals surface area contributed by atoms with E-state index in [1.54, 1.807) is 11.0 Å². The van der Waals surface area contributed by atoms with Crippen molar-refractivity contribution in [3.05, 3.63) is 29.6 Å². The summed E-state index contributed by atoms with van der Waals surface area (Å²) in [4.78, 5) is 16.4. The number of carbonyl (C=O) groups is 1. The van der Waals surface area contributed by atoms with Crippen LogP contribution >= 0.6 is 0 Å². The first-order valence-electron chi connectivity index (χ1n) is 8.20. The smallest absolute Gasteiger partial charge is 0.253 e. The van der Waals surface area contributed by atoms with Crippen molar-refractivity contribution < 1.29 is 23.4 Å². The molecule has 0 bridgehead atoms. The fourth-order valence-electron chi connectivity index (χ4n) is 3.05. The Kier molecular flexibility index (Phi) is 5.65. The maximum Gasteiger partial charge on any atom is 0.253 e. The first-order chi connectivity index (χ1) is 11.7. The van der Waals surface area contributed by atoms with Gasteiger partial charge in [-0.25, -0.2) is 4.39 Å². The summed E-state index contributed by atoms with van der Waals surface area (Å²) in [7, 11) is 1.45. The number of nitrogens with zero attached hydrogens (tertiary/aromatic N) is 2. The molecule has 1 aromatic rings. The van der Waals surface area contributed by atoms with Crippen molar-refractivity contribution in [2.24, 2.45) is 0 Å². The molecule has 2 saturated heterocycles. The van der Waals surface area contributed by atoms with Gasteiger partial charge in [0, 0.05) is 32.7 Å². The number of morpholine rings is 2. The molecule has 1 unspecified atom stereocenters. The minimum atomic E-state index is -0.458. The highest BCUT2D eigenvalue weighted by molar-refractivity contribution is 5.81. The Balaban J connectivity index is 1.59. The van der Waals surface area contributed by atoms with Crippen molar-refractivity contribution in [3.8, 4) is 5.75 Å². The Labute approximate surface area is 141 Å². The summed E-state index contributed by atoms with van der Waals surface area (Å²) in [5.41, 5.74) is 0.854. The van der Waals surface area contributed by atoms with E-state index in [4.69, 9.17) is 14.2 Å². The molecule has 2 heterocycles. The molecule has 0 radical (unpaired) electrons. The fourth-order valence-corrected chi connectivity index (χ4v) is 3.05. The van der Waals surface area contributed by atoms with Crippen LogP contribution in [-0.4, -0.2) is 74.9 Å². The second-order valence-corrected chi connectivity index (χ2v) is 6.00. The van der Waals surface area contributed by atoms with Gasteiger partial charge in [0.05, 0.1) is 26.9 Å². The van der Waals surface area contributed by atoms with Crippen molar-refractivity contribution in [3.63, 3.8) is 0 Å². The monoisotopic (exact) mass is 338 g/mol. The molecule has 1 atom stereocenters. The van der Waals surface area contributed by atoms with Gasteiger partial charge in [-0.2, -0.15) is 0 Å². The van der Waals surface area contributed by atoms with E-state index in [2.05, 4.69) is 4.90 Å². The van der Waals surface area contributed by atoms with Gasteiger partial charge in [0.2, 0.25) is 0 Å². The van der Waals surface area contributed by atoms with Crippen molar-refractivity contribution in [1.29, 1.82) is 0 Å². The molecule has 0 N–H and O–H groups in total. The maximum absolute atomic E-state index is 13.8. The highest BCUT2D eigenvalue weighted by Gasteiger charge is 2.31. The molecule has 132 valence electrons. The van der Waals surface area contributed by atoms with Gasteiger partial charge in [0.1, 0.15) is 6.10 Å². The summed E-state index contributed by atoms with van der Waals surface area (Å²) < 4.78 is 29.7. The van der Waals surface area contributed by atoms with E-state index < -0.39 is 6.10 Å². The molecule has 0 aliphatic carbocycles. The number of amides is 1. The van der Waals surface area contributed by atoms with E-state index in [1.807, 2.05) is 6.07 Å². The summed E-state index contributed by atoms with van der Waals surface area (Å²) in [5, 5.41) is 0. The van der Waals surface area contributed by atoms with E-state index in [0.29, 0.717) is 46.0 Å². The average molecular weight is 338 g/mol. The molecule has 1 amide bonds. The number of carbonyl (C=O) groups excluding carboxylic acids is 1. The summed E-state index contributed by atoms with van der Waals surface area (Å²) in [6, 6.07) is 4.95. The van der Waals surface area contributed by atoms with Crippen molar-refractivity contribution in [2.45, 2.75) is 12.6 Å². The van der Waals surface area contributed by atoms with Crippen LogP contribution in [0.25, 0.3) is 0 Å². The lowest BCUT2D eigenvalue weighted by Crippen LogP contribution is -2.53. The van der Waals surface area contributed by atoms with Crippen molar-refractivity contribution in [2.75, 3.05) is 53.1 Å². The molecule has 1 aromatic carbocycles. The molecule has 3 rings (SSSR count). The highest BCUT2D eigenvalue weighted by atomic mass is 19.1. The average Bonchev–Trinajstić information content (AvgIpc) is 2.62. The number of hydrogen-bond donors (Lipinski definition) is 0. The van der Waals surface area contributed by atoms with E-state index in [-0.39, 0.29) is 17.5 Å². The molecular formula is C17H23FN2O4. The normalized spacial score (nSPS) is 22.4. The van der Waals surface area contributed by atoms with E-state index in [9.17, 15) is 9.18 Å². The van der Waals surface area contributed by atoms with Crippen LogP contribution in [-0.2, 0) is 20.8 Å². The lowest BCUT2D eigenvalue weighted by atomic mass is 10.1. The Hall–Kier alpha value is -1.70. The lowest BCUT2D eigenvalue weighted by Gasteiger charge is -2.36. The number of ether oxygens (including phenoxy) is 3. The topological polar surface area (TPSA) is 51.2 Å². The van der Waals surface area contributed by atoms with Gasteiger partial charge in [-0.1, -0.05) is 6.07 Å². The van der Waals surface area contributed by atoms with Crippen molar-refractivity contribution in [1.82, 2.24) is 9.80 Å². The molecule has 24 heavy (non-hydrogen) atoms. The van der Waals surface area contributed by atoms with Crippen LogP contribution < -0.4 is 4.74 Å². The second-order valence-electron chi connectivity index (χ2n) is 6.00. The van der Waals surface area contributed by atoms with Crippen LogP contribution in [0.1, 0.15) is 5.56 Å². The minimum absolute atomic E-state index is 0.0175. The number of hydrogen-bond acceptors (Lipinski definition) is 5. The highest BCUT2D eigenvalue weighted by Crippen LogP contribution is 2.20. The third kappa shape index (κ3) is 4.03. The van der Waals surface area contributed by atoms with Gasteiger partial charge in [-0.15, -0.1) is 0 Å². The summed E-state index contributed by atoms with van der Waals surface area (Å²) >= 11 is 0. The molecule has 0 spiro atoms. The van der Waals surface area contributed by atoms with Gasteiger partial charge >= 0.3 is 0 Å². The van der Waals surface area contributed by atoms with E-state index >= 15 is 0 Å². The molecule has 0 aromatic heterocycles. The first-order valence-corrected chi connectivity index (χ1v) is 8.20. The Morgan fingerprint density at radius 1 is 1.29 bits per heavy atom. The van der Waals surface area contributed by atoms with Crippen LogP contribution in [0.5, 0.6) is 5.75 Å². The molecular weight excluding hydrogens is 315 g/mol. The van der Waals surface area contributed by atoms with Crippen LogP contribution in [0, 0.1) is 5.82 Å². The van der Waals surface area contributed by atoms with Crippen LogP contribution in [0.2, 0.25) is 0 Å². The maximum atomic E-state index is 13.8. The zero-order valence-electron chi connectivity index (χ0n) is 13.9.